The molecule has 2 aromatic carbocycles. The van der Waals surface area contributed by atoms with Crippen LogP contribution in [0.15, 0.2) is 54.6 Å². The summed E-state index contributed by atoms with van der Waals surface area (Å²) in [5.74, 6) is 0.475. The largest absolute Gasteiger partial charge is 0.368 e. The maximum absolute atomic E-state index is 12.6. The van der Waals surface area contributed by atoms with Gasteiger partial charge in [0, 0.05) is 49.7 Å². The maximum Gasteiger partial charge on any atom is 0.321 e. The third kappa shape index (κ3) is 5.98. The smallest absolute Gasteiger partial charge is 0.321 e. The Balaban J connectivity index is 1.46. The molecule has 6 nitrogen and oxygen atoms in total. The molecule has 1 fully saturated rings. The number of nitrogens with one attached hydrogen (secondary N) is 2. The van der Waals surface area contributed by atoms with Crippen LogP contribution in [0, 0.1) is 5.92 Å². The van der Waals surface area contributed by atoms with Gasteiger partial charge in [0.05, 0.1) is 0 Å². The Bertz CT molecular complexity index is 797. The van der Waals surface area contributed by atoms with Crippen molar-refractivity contribution in [2.45, 2.75) is 20.3 Å². The molecule has 154 valence electrons. The van der Waals surface area contributed by atoms with Crippen molar-refractivity contribution in [1.82, 2.24) is 10.2 Å². The fourth-order valence-electron chi connectivity index (χ4n) is 3.29. The number of carbonyl (C=O) groups excluding carboxylic acids is 2. The lowest BCUT2D eigenvalue weighted by molar-refractivity contribution is 0.0952. The van der Waals surface area contributed by atoms with E-state index in [1.54, 1.807) is 24.3 Å². The Labute approximate surface area is 172 Å². The fraction of sp³-hybridized carbons (Fsp3) is 0.391. The van der Waals surface area contributed by atoms with Gasteiger partial charge in [-0.05, 0) is 48.7 Å². The first kappa shape index (κ1) is 20.7. The van der Waals surface area contributed by atoms with Crippen molar-refractivity contribution in [2.24, 2.45) is 5.92 Å². The zero-order chi connectivity index (χ0) is 20.6. The molecule has 0 spiro atoms. The van der Waals surface area contributed by atoms with Crippen molar-refractivity contribution >= 4 is 23.3 Å². The first-order valence-electron chi connectivity index (χ1n) is 10.3. The number of para-hydroxylation sites is 1. The molecule has 1 saturated heterocycles. The van der Waals surface area contributed by atoms with E-state index in [2.05, 4.69) is 41.5 Å². The van der Waals surface area contributed by atoms with Crippen LogP contribution in [0.4, 0.5) is 16.2 Å². The summed E-state index contributed by atoms with van der Waals surface area (Å²) >= 11 is 0. The molecular weight excluding hydrogens is 364 g/mol. The predicted molar refractivity (Wildman–Crippen MR) is 117 cm³/mol. The SMILES string of the molecule is CC(C)CCNC(=O)c1ccc(NC(=O)N2CCN(c3ccccc3)CC2)cc1. The van der Waals surface area contributed by atoms with E-state index in [0.717, 1.165) is 19.5 Å². The highest BCUT2D eigenvalue weighted by atomic mass is 16.2. The van der Waals surface area contributed by atoms with Gasteiger partial charge in [-0.25, -0.2) is 4.79 Å². The van der Waals surface area contributed by atoms with Crippen molar-refractivity contribution in [3.8, 4) is 0 Å². The Hall–Kier alpha value is -3.02. The Morgan fingerprint density at radius 2 is 1.59 bits per heavy atom. The van der Waals surface area contributed by atoms with E-state index in [9.17, 15) is 9.59 Å². The molecule has 0 saturated carbocycles. The molecule has 2 N–H and O–H groups in total. The first-order chi connectivity index (χ1) is 14.0. The number of piperazine rings is 1. The molecule has 3 rings (SSSR count). The van der Waals surface area contributed by atoms with Gasteiger partial charge in [-0.15, -0.1) is 0 Å². The van der Waals surface area contributed by atoms with Crippen molar-refractivity contribution in [3.05, 3.63) is 60.2 Å². The summed E-state index contributed by atoms with van der Waals surface area (Å²) in [5.41, 5.74) is 2.48. The third-order valence-corrected chi connectivity index (χ3v) is 5.09. The van der Waals surface area contributed by atoms with Crippen molar-refractivity contribution in [2.75, 3.05) is 42.9 Å². The molecule has 1 aliphatic rings. The molecule has 0 atom stereocenters. The highest BCUT2D eigenvalue weighted by Crippen LogP contribution is 2.16. The van der Waals surface area contributed by atoms with E-state index in [4.69, 9.17) is 0 Å². The summed E-state index contributed by atoms with van der Waals surface area (Å²) in [6, 6.07) is 17.2. The number of hydrogen-bond donors (Lipinski definition) is 2. The van der Waals surface area contributed by atoms with Gasteiger partial charge < -0.3 is 20.4 Å². The van der Waals surface area contributed by atoms with Crippen LogP contribution in [-0.4, -0.2) is 49.6 Å². The number of rotatable bonds is 6. The van der Waals surface area contributed by atoms with Crippen LogP contribution in [0.1, 0.15) is 30.6 Å². The van der Waals surface area contributed by atoms with Crippen LogP contribution in [0.25, 0.3) is 0 Å². The molecule has 1 aliphatic heterocycles. The number of anilines is 2. The minimum atomic E-state index is -0.105. The maximum atomic E-state index is 12.6. The van der Waals surface area contributed by atoms with Crippen LogP contribution < -0.4 is 15.5 Å². The van der Waals surface area contributed by atoms with Crippen LogP contribution >= 0.6 is 0 Å². The Morgan fingerprint density at radius 3 is 2.21 bits per heavy atom. The molecule has 0 radical (unpaired) electrons. The average Bonchev–Trinajstić information content (AvgIpc) is 2.74. The van der Waals surface area contributed by atoms with E-state index < -0.39 is 0 Å². The zero-order valence-electron chi connectivity index (χ0n) is 17.2. The lowest BCUT2D eigenvalue weighted by atomic mass is 10.1. The summed E-state index contributed by atoms with van der Waals surface area (Å²) in [6.07, 6.45) is 0.956. The predicted octanol–water partition coefficient (Wildman–Crippen LogP) is 3.82. The summed E-state index contributed by atoms with van der Waals surface area (Å²) in [4.78, 5) is 28.8. The van der Waals surface area contributed by atoms with Gasteiger partial charge in [0.2, 0.25) is 0 Å². The van der Waals surface area contributed by atoms with Crippen LogP contribution in [-0.2, 0) is 0 Å². The second kappa shape index (κ2) is 9.96. The molecular formula is C23H30N4O2. The molecule has 0 aliphatic carbocycles. The number of urea groups is 1. The zero-order valence-corrected chi connectivity index (χ0v) is 17.2. The highest BCUT2D eigenvalue weighted by Gasteiger charge is 2.21. The molecule has 1 heterocycles. The van der Waals surface area contributed by atoms with Gasteiger partial charge in [-0.1, -0.05) is 32.0 Å². The van der Waals surface area contributed by atoms with Crippen LogP contribution in [0.2, 0.25) is 0 Å². The lowest BCUT2D eigenvalue weighted by Crippen LogP contribution is -2.50. The van der Waals surface area contributed by atoms with Gasteiger partial charge in [0.25, 0.3) is 5.91 Å². The highest BCUT2D eigenvalue weighted by molar-refractivity contribution is 5.95. The molecule has 29 heavy (non-hydrogen) atoms. The fourth-order valence-corrected chi connectivity index (χ4v) is 3.29. The lowest BCUT2D eigenvalue weighted by Gasteiger charge is -2.36. The summed E-state index contributed by atoms with van der Waals surface area (Å²) < 4.78 is 0. The minimum absolute atomic E-state index is 0.0828. The van der Waals surface area contributed by atoms with Gasteiger partial charge in [0.15, 0.2) is 0 Å². The van der Waals surface area contributed by atoms with Crippen LogP contribution in [0.3, 0.4) is 0 Å². The number of carbonyl (C=O) groups is 2. The van der Waals surface area contributed by atoms with Gasteiger partial charge in [-0.3, -0.25) is 4.79 Å². The third-order valence-electron chi connectivity index (χ3n) is 5.09. The van der Waals surface area contributed by atoms with E-state index in [1.165, 1.54) is 5.69 Å². The minimum Gasteiger partial charge on any atom is -0.368 e. The van der Waals surface area contributed by atoms with Gasteiger partial charge in [-0.2, -0.15) is 0 Å². The number of hydrogen-bond acceptors (Lipinski definition) is 3. The molecule has 3 amide bonds. The monoisotopic (exact) mass is 394 g/mol. The second-order valence-corrected chi connectivity index (χ2v) is 7.76. The van der Waals surface area contributed by atoms with Crippen molar-refractivity contribution < 1.29 is 9.59 Å². The van der Waals surface area contributed by atoms with E-state index in [-0.39, 0.29) is 11.9 Å². The average molecular weight is 395 g/mol. The second-order valence-electron chi connectivity index (χ2n) is 7.76. The molecule has 0 bridgehead atoms. The van der Waals surface area contributed by atoms with Gasteiger partial charge >= 0.3 is 6.03 Å². The Morgan fingerprint density at radius 1 is 0.931 bits per heavy atom. The number of nitrogens with zero attached hydrogens (tertiary/aromatic N) is 2. The van der Waals surface area contributed by atoms with E-state index in [0.29, 0.717) is 36.8 Å². The molecule has 0 aromatic heterocycles. The molecule has 2 aromatic rings. The Kier molecular flexibility index (Phi) is 7.11. The van der Waals surface area contributed by atoms with E-state index >= 15 is 0 Å². The van der Waals surface area contributed by atoms with Gasteiger partial charge in [0.1, 0.15) is 0 Å². The molecule has 0 unspecified atom stereocenters. The summed E-state index contributed by atoms with van der Waals surface area (Å²) in [5, 5.41) is 5.85. The summed E-state index contributed by atoms with van der Waals surface area (Å²) in [7, 11) is 0. The number of benzene rings is 2. The number of amides is 3. The quantitative estimate of drug-likeness (QED) is 0.783. The van der Waals surface area contributed by atoms with E-state index in [1.807, 2.05) is 23.1 Å². The topological polar surface area (TPSA) is 64.7 Å². The molecule has 6 heteroatoms. The van der Waals surface area contributed by atoms with Crippen LogP contribution in [0.5, 0.6) is 0 Å². The first-order valence-corrected chi connectivity index (χ1v) is 10.3. The standard InChI is InChI=1S/C23H30N4O2/c1-18(2)12-13-24-22(28)19-8-10-20(11-9-19)25-23(29)27-16-14-26(15-17-27)21-6-4-3-5-7-21/h3-11,18H,12-17H2,1-2H3,(H,24,28)(H,25,29). The van der Waals surface area contributed by atoms with Crippen molar-refractivity contribution in [3.63, 3.8) is 0 Å². The van der Waals surface area contributed by atoms with Crippen molar-refractivity contribution in [1.29, 1.82) is 0 Å². The normalized spacial score (nSPS) is 14.0. The summed E-state index contributed by atoms with van der Waals surface area (Å²) in [6.45, 7) is 7.91.